The fraction of sp³-hybridized carbons (Fsp3) is 0.150. The Balaban J connectivity index is 1.24. The minimum atomic E-state index is 0.153. The van der Waals surface area contributed by atoms with Gasteiger partial charge in [-0.05, 0) is 86.5 Å². The standard InChI is InChI=1S/C40H30O/c1-8-23-40(24-9-1)35-17-6-4-13-30(35)31-20-19-26(25-36(31)40)27-11-2-3-12-28(27)29-21-22-38-39-33(29)15-10-16-34(39)32-14-5-7-18-37(32)41-38/h2-7,10-22,25H,1,8-9,23-24H2. The molecule has 1 aliphatic heterocycles. The Morgan fingerprint density at radius 2 is 1.12 bits per heavy atom. The summed E-state index contributed by atoms with van der Waals surface area (Å²) in [6.07, 6.45) is 6.46. The molecule has 1 heterocycles. The Kier molecular flexibility index (Phi) is 4.90. The molecule has 0 amide bonds. The maximum Gasteiger partial charge on any atom is 0.135 e. The highest BCUT2D eigenvalue weighted by molar-refractivity contribution is 6.11. The van der Waals surface area contributed by atoms with Gasteiger partial charge in [-0.25, -0.2) is 0 Å². The molecule has 2 aliphatic carbocycles. The summed E-state index contributed by atoms with van der Waals surface area (Å²) < 4.78 is 6.40. The molecule has 9 rings (SSSR count). The zero-order valence-electron chi connectivity index (χ0n) is 23.0. The lowest BCUT2D eigenvalue weighted by Gasteiger charge is -2.36. The summed E-state index contributed by atoms with van der Waals surface area (Å²) in [5.41, 5.74) is 13.6. The fourth-order valence-electron chi connectivity index (χ4n) is 8.10. The molecule has 0 bridgehead atoms. The second-order valence-electron chi connectivity index (χ2n) is 11.9. The van der Waals surface area contributed by atoms with Gasteiger partial charge in [0, 0.05) is 16.4 Å². The molecule has 0 aromatic heterocycles. The Morgan fingerprint density at radius 3 is 2.00 bits per heavy atom. The van der Waals surface area contributed by atoms with Crippen molar-refractivity contribution in [3.8, 4) is 56.0 Å². The lowest BCUT2D eigenvalue weighted by atomic mass is 9.67. The third-order valence-electron chi connectivity index (χ3n) is 9.90. The van der Waals surface area contributed by atoms with Crippen LogP contribution in [0.4, 0.5) is 0 Å². The molecule has 196 valence electrons. The first-order valence-electron chi connectivity index (χ1n) is 15.0. The Morgan fingerprint density at radius 1 is 0.439 bits per heavy atom. The van der Waals surface area contributed by atoms with Gasteiger partial charge in [0.1, 0.15) is 11.5 Å². The van der Waals surface area contributed by atoms with Crippen LogP contribution in [0, 0.1) is 0 Å². The van der Waals surface area contributed by atoms with Crippen LogP contribution in [0.15, 0.2) is 121 Å². The molecule has 1 saturated carbocycles. The first-order chi connectivity index (χ1) is 20.3. The van der Waals surface area contributed by atoms with Crippen LogP contribution >= 0.6 is 0 Å². The predicted octanol–water partition coefficient (Wildman–Crippen LogP) is 11.2. The van der Waals surface area contributed by atoms with E-state index in [2.05, 4.69) is 115 Å². The van der Waals surface area contributed by atoms with Crippen LogP contribution in [0.3, 0.4) is 0 Å². The van der Waals surface area contributed by atoms with Gasteiger partial charge in [0.15, 0.2) is 0 Å². The van der Waals surface area contributed by atoms with E-state index in [0.29, 0.717) is 0 Å². The lowest BCUT2D eigenvalue weighted by molar-refractivity contribution is 0.353. The lowest BCUT2D eigenvalue weighted by Crippen LogP contribution is -2.28. The Labute approximate surface area is 241 Å². The number of hydrogen-bond acceptors (Lipinski definition) is 1. The highest BCUT2D eigenvalue weighted by Gasteiger charge is 2.43. The molecule has 0 radical (unpaired) electrons. The molecule has 0 unspecified atom stereocenters. The van der Waals surface area contributed by atoms with Crippen molar-refractivity contribution < 1.29 is 4.74 Å². The first-order valence-corrected chi connectivity index (χ1v) is 15.0. The maximum atomic E-state index is 6.40. The third-order valence-corrected chi connectivity index (χ3v) is 9.90. The van der Waals surface area contributed by atoms with Crippen LogP contribution in [0.1, 0.15) is 43.2 Å². The van der Waals surface area contributed by atoms with Gasteiger partial charge in [-0.15, -0.1) is 0 Å². The van der Waals surface area contributed by atoms with Crippen molar-refractivity contribution in [3.63, 3.8) is 0 Å². The maximum absolute atomic E-state index is 6.40. The second kappa shape index (κ2) is 8.69. The van der Waals surface area contributed by atoms with Gasteiger partial charge < -0.3 is 4.74 Å². The summed E-state index contributed by atoms with van der Waals surface area (Å²) in [5, 5.41) is 2.43. The van der Waals surface area contributed by atoms with Crippen LogP contribution in [-0.2, 0) is 5.41 Å². The van der Waals surface area contributed by atoms with E-state index >= 15 is 0 Å². The summed E-state index contributed by atoms with van der Waals surface area (Å²) in [7, 11) is 0. The zero-order chi connectivity index (χ0) is 27.0. The average Bonchev–Trinajstić information content (AvgIpc) is 3.30. The molecule has 6 aromatic carbocycles. The van der Waals surface area contributed by atoms with Crippen LogP contribution in [0.2, 0.25) is 0 Å². The van der Waals surface area contributed by atoms with Crippen molar-refractivity contribution in [1.29, 1.82) is 0 Å². The number of rotatable bonds is 2. The SMILES string of the molecule is c1ccc2c(c1)Oc1ccc(-c3ccccc3-c3ccc4c(c3)C3(CCCCC3)c3ccccc3-4)c3cccc-2c13. The Bertz CT molecular complexity index is 2010. The molecular weight excluding hydrogens is 496 g/mol. The third kappa shape index (κ3) is 3.24. The quantitative estimate of drug-likeness (QED) is 0.218. The minimum Gasteiger partial charge on any atom is -0.456 e. The highest BCUT2D eigenvalue weighted by Crippen LogP contribution is 2.57. The minimum absolute atomic E-state index is 0.153. The summed E-state index contributed by atoms with van der Waals surface area (Å²) in [5.74, 6) is 1.86. The van der Waals surface area contributed by atoms with E-state index in [1.807, 2.05) is 6.07 Å². The van der Waals surface area contributed by atoms with Gasteiger partial charge in [-0.2, -0.15) is 0 Å². The van der Waals surface area contributed by atoms with Crippen LogP contribution in [-0.4, -0.2) is 0 Å². The van der Waals surface area contributed by atoms with Gasteiger partial charge in [0.05, 0.1) is 0 Å². The Hall–Kier alpha value is -4.62. The summed E-state index contributed by atoms with van der Waals surface area (Å²) in [6, 6.07) is 44.8. The van der Waals surface area contributed by atoms with Gasteiger partial charge in [-0.3, -0.25) is 0 Å². The van der Waals surface area contributed by atoms with Crippen LogP contribution in [0.5, 0.6) is 11.5 Å². The van der Waals surface area contributed by atoms with Crippen molar-refractivity contribution in [3.05, 3.63) is 132 Å². The fourth-order valence-corrected chi connectivity index (χ4v) is 8.10. The van der Waals surface area contributed by atoms with E-state index in [1.54, 1.807) is 5.56 Å². The van der Waals surface area contributed by atoms with Gasteiger partial charge in [0.25, 0.3) is 0 Å². The molecule has 1 fully saturated rings. The molecule has 1 heteroatoms. The molecule has 3 aliphatic rings. The molecular formula is C40H30O. The average molecular weight is 527 g/mol. The van der Waals surface area contributed by atoms with Crippen molar-refractivity contribution >= 4 is 10.8 Å². The molecule has 0 N–H and O–H groups in total. The molecule has 1 spiro atoms. The number of benzene rings is 6. The van der Waals surface area contributed by atoms with Crippen molar-refractivity contribution in [2.75, 3.05) is 0 Å². The summed E-state index contributed by atoms with van der Waals surface area (Å²) in [6.45, 7) is 0. The van der Waals surface area contributed by atoms with Crippen molar-refractivity contribution in [2.45, 2.75) is 37.5 Å². The zero-order valence-corrected chi connectivity index (χ0v) is 23.0. The van der Waals surface area contributed by atoms with E-state index in [4.69, 9.17) is 4.74 Å². The predicted molar refractivity (Wildman–Crippen MR) is 170 cm³/mol. The van der Waals surface area contributed by atoms with E-state index in [0.717, 1.165) is 17.1 Å². The van der Waals surface area contributed by atoms with Crippen LogP contribution < -0.4 is 4.74 Å². The number of fused-ring (bicyclic) bond motifs is 7. The summed E-state index contributed by atoms with van der Waals surface area (Å²) in [4.78, 5) is 0. The van der Waals surface area contributed by atoms with Gasteiger partial charge in [0.2, 0.25) is 0 Å². The van der Waals surface area contributed by atoms with E-state index in [1.165, 1.54) is 87.4 Å². The van der Waals surface area contributed by atoms with E-state index in [9.17, 15) is 0 Å². The van der Waals surface area contributed by atoms with E-state index < -0.39 is 0 Å². The normalized spacial score (nSPS) is 15.7. The monoisotopic (exact) mass is 526 g/mol. The number of para-hydroxylation sites is 1. The largest absolute Gasteiger partial charge is 0.456 e. The first kappa shape index (κ1) is 23.1. The van der Waals surface area contributed by atoms with Crippen molar-refractivity contribution in [1.82, 2.24) is 0 Å². The second-order valence-corrected chi connectivity index (χ2v) is 11.9. The van der Waals surface area contributed by atoms with Gasteiger partial charge in [-0.1, -0.05) is 122 Å². The number of hydrogen-bond donors (Lipinski definition) is 0. The molecule has 1 nitrogen and oxygen atoms in total. The van der Waals surface area contributed by atoms with E-state index in [-0.39, 0.29) is 5.41 Å². The molecule has 41 heavy (non-hydrogen) atoms. The summed E-state index contributed by atoms with van der Waals surface area (Å²) >= 11 is 0. The topological polar surface area (TPSA) is 9.23 Å². The van der Waals surface area contributed by atoms with Crippen molar-refractivity contribution in [2.24, 2.45) is 0 Å². The highest BCUT2D eigenvalue weighted by atomic mass is 16.5. The van der Waals surface area contributed by atoms with Gasteiger partial charge >= 0.3 is 0 Å². The number of ether oxygens (including phenoxy) is 1. The molecule has 6 aromatic rings. The van der Waals surface area contributed by atoms with Crippen LogP contribution in [0.25, 0.3) is 55.3 Å². The smallest absolute Gasteiger partial charge is 0.135 e. The molecule has 0 atom stereocenters. The molecule has 0 saturated heterocycles.